The van der Waals surface area contributed by atoms with Gasteiger partial charge in [0.05, 0.1) is 6.54 Å². The second-order valence-corrected chi connectivity index (χ2v) is 6.93. The molecular formula is C21H23NO5. The van der Waals surface area contributed by atoms with Gasteiger partial charge in [-0.05, 0) is 42.5 Å². The average molecular weight is 369 g/mol. The van der Waals surface area contributed by atoms with Gasteiger partial charge in [0.2, 0.25) is 6.79 Å². The third kappa shape index (κ3) is 3.63. The van der Waals surface area contributed by atoms with Gasteiger partial charge >= 0.3 is 0 Å². The standard InChI is InChI=1S/C21H23NO5/c23-20(15-6-7-18-19(12-15)27-14-26-18)22-13-21(24,16-4-2-1-3-5-16)17-8-10-25-11-9-17/h1-7,12,17,24H,8-11,13-14H2,(H,22,23)/t21-/m1/s1. The van der Waals surface area contributed by atoms with Crippen molar-refractivity contribution in [2.75, 3.05) is 26.6 Å². The molecule has 2 aromatic carbocycles. The Balaban J connectivity index is 1.52. The molecule has 1 atom stereocenters. The van der Waals surface area contributed by atoms with Crippen LogP contribution in [0.5, 0.6) is 11.5 Å². The molecule has 0 aliphatic carbocycles. The largest absolute Gasteiger partial charge is 0.454 e. The number of fused-ring (bicyclic) bond motifs is 1. The van der Waals surface area contributed by atoms with Crippen LogP contribution in [0.25, 0.3) is 0 Å². The summed E-state index contributed by atoms with van der Waals surface area (Å²) in [6, 6.07) is 14.6. The molecule has 1 amide bonds. The highest BCUT2D eigenvalue weighted by molar-refractivity contribution is 5.95. The first-order valence-corrected chi connectivity index (χ1v) is 9.20. The highest BCUT2D eigenvalue weighted by Gasteiger charge is 2.39. The summed E-state index contributed by atoms with van der Waals surface area (Å²) in [6.45, 7) is 1.54. The van der Waals surface area contributed by atoms with Gasteiger partial charge < -0.3 is 24.6 Å². The number of aliphatic hydroxyl groups is 1. The molecule has 142 valence electrons. The van der Waals surface area contributed by atoms with Gasteiger partial charge in [-0.25, -0.2) is 0 Å². The molecule has 2 aromatic rings. The van der Waals surface area contributed by atoms with E-state index in [-0.39, 0.29) is 25.2 Å². The highest BCUT2D eigenvalue weighted by atomic mass is 16.7. The molecule has 2 aliphatic heterocycles. The fourth-order valence-electron chi connectivity index (χ4n) is 3.74. The minimum Gasteiger partial charge on any atom is -0.454 e. The van der Waals surface area contributed by atoms with Crippen molar-refractivity contribution in [3.8, 4) is 11.5 Å². The molecule has 2 heterocycles. The number of nitrogens with one attached hydrogen (secondary N) is 1. The van der Waals surface area contributed by atoms with Crippen molar-refractivity contribution >= 4 is 5.91 Å². The van der Waals surface area contributed by atoms with Crippen molar-refractivity contribution < 1.29 is 24.1 Å². The molecule has 6 nitrogen and oxygen atoms in total. The fraction of sp³-hybridized carbons (Fsp3) is 0.381. The summed E-state index contributed by atoms with van der Waals surface area (Å²) in [6.07, 6.45) is 1.51. The van der Waals surface area contributed by atoms with E-state index in [0.29, 0.717) is 30.3 Å². The molecule has 0 aromatic heterocycles. The lowest BCUT2D eigenvalue weighted by Gasteiger charge is -2.39. The van der Waals surface area contributed by atoms with E-state index < -0.39 is 5.60 Å². The van der Waals surface area contributed by atoms with Crippen molar-refractivity contribution in [2.45, 2.75) is 18.4 Å². The first-order chi connectivity index (χ1) is 13.2. The van der Waals surface area contributed by atoms with E-state index >= 15 is 0 Å². The molecule has 0 saturated carbocycles. The lowest BCUT2D eigenvalue weighted by molar-refractivity contribution is -0.0680. The Kier molecular flexibility index (Phi) is 5.01. The van der Waals surface area contributed by atoms with Crippen molar-refractivity contribution in [1.29, 1.82) is 0 Å². The monoisotopic (exact) mass is 369 g/mol. The lowest BCUT2D eigenvalue weighted by Crippen LogP contribution is -2.47. The Morgan fingerprint density at radius 2 is 1.81 bits per heavy atom. The van der Waals surface area contributed by atoms with E-state index in [2.05, 4.69) is 5.32 Å². The Morgan fingerprint density at radius 1 is 1.07 bits per heavy atom. The maximum atomic E-state index is 12.7. The minimum absolute atomic E-state index is 0.0192. The Labute approximate surface area is 158 Å². The molecule has 27 heavy (non-hydrogen) atoms. The van der Waals surface area contributed by atoms with Crippen LogP contribution in [0.15, 0.2) is 48.5 Å². The molecule has 1 saturated heterocycles. The Morgan fingerprint density at radius 3 is 2.59 bits per heavy atom. The van der Waals surface area contributed by atoms with Gasteiger partial charge in [0.25, 0.3) is 5.91 Å². The van der Waals surface area contributed by atoms with E-state index in [4.69, 9.17) is 14.2 Å². The maximum Gasteiger partial charge on any atom is 0.251 e. The van der Waals surface area contributed by atoms with E-state index in [1.165, 1.54) is 0 Å². The number of hydrogen-bond acceptors (Lipinski definition) is 5. The van der Waals surface area contributed by atoms with E-state index in [0.717, 1.165) is 18.4 Å². The van der Waals surface area contributed by atoms with Crippen LogP contribution in [0.2, 0.25) is 0 Å². The van der Waals surface area contributed by atoms with E-state index in [1.54, 1.807) is 18.2 Å². The van der Waals surface area contributed by atoms with Crippen molar-refractivity contribution in [2.24, 2.45) is 5.92 Å². The minimum atomic E-state index is -1.14. The lowest BCUT2D eigenvalue weighted by atomic mass is 9.77. The molecule has 1 fully saturated rings. The van der Waals surface area contributed by atoms with Crippen molar-refractivity contribution in [3.63, 3.8) is 0 Å². The maximum absolute atomic E-state index is 12.7. The van der Waals surface area contributed by atoms with Crippen LogP contribution < -0.4 is 14.8 Å². The summed E-state index contributed by atoms with van der Waals surface area (Å²) in [5.41, 5.74) is 0.140. The molecule has 0 spiro atoms. The van der Waals surface area contributed by atoms with Gasteiger partial charge in [-0.2, -0.15) is 0 Å². The predicted molar refractivity (Wildman–Crippen MR) is 98.8 cm³/mol. The summed E-state index contributed by atoms with van der Waals surface area (Å²) in [5, 5.41) is 14.4. The van der Waals surface area contributed by atoms with Crippen LogP contribution in [-0.2, 0) is 10.3 Å². The number of amides is 1. The van der Waals surface area contributed by atoms with Crippen LogP contribution in [0.3, 0.4) is 0 Å². The zero-order valence-corrected chi connectivity index (χ0v) is 15.0. The number of carbonyl (C=O) groups excluding carboxylic acids is 1. The van der Waals surface area contributed by atoms with E-state index in [1.807, 2.05) is 30.3 Å². The molecule has 4 rings (SSSR count). The number of rotatable bonds is 5. The summed E-state index contributed by atoms with van der Waals surface area (Å²) in [5.74, 6) is 0.959. The van der Waals surface area contributed by atoms with Crippen molar-refractivity contribution in [1.82, 2.24) is 5.32 Å². The molecule has 0 bridgehead atoms. The quantitative estimate of drug-likeness (QED) is 0.847. The van der Waals surface area contributed by atoms with E-state index in [9.17, 15) is 9.90 Å². The van der Waals surface area contributed by atoms with Crippen LogP contribution in [-0.4, -0.2) is 37.6 Å². The molecule has 6 heteroatoms. The van der Waals surface area contributed by atoms with Crippen LogP contribution in [0.1, 0.15) is 28.8 Å². The summed E-state index contributed by atoms with van der Waals surface area (Å²) in [7, 11) is 0. The van der Waals surface area contributed by atoms with Gasteiger partial charge in [0.15, 0.2) is 11.5 Å². The van der Waals surface area contributed by atoms with Crippen LogP contribution >= 0.6 is 0 Å². The number of carbonyl (C=O) groups is 1. The smallest absolute Gasteiger partial charge is 0.251 e. The van der Waals surface area contributed by atoms with Crippen molar-refractivity contribution in [3.05, 3.63) is 59.7 Å². The molecule has 2 aliphatic rings. The molecular weight excluding hydrogens is 346 g/mol. The van der Waals surface area contributed by atoms with Crippen LogP contribution in [0.4, 0.5) is 0 Å². The number of hydrogen-bond donors (Lipinski definition) is 2. The molecule has 0 unspecified atom stereocenters. The number of benzene rings is 2. The Bertz CT molecular complexity index is 803. The fourth-order valence-corrected chi connectivity index (χ4v) is 3.74. The second-order valence-electron chi connectivity index (χ2n) is 6.93. The third-order valence-corrected chi connectivity index (χ3v) is 5.32. The van der Waals surface area contributed by atoms with Gasteiger partial charge in [-0.15, -0.1) is 0 Å². The van der Waals surface area contributed by atoms with Gasteiger partial charge in [0.1, 0.15) is 5.60 Å². The molecule has 2 N–H and O–H groups in total. The number of ether oxygens (including phenoxy) is 3. The molecule has 0 radical (unpaired) electrons. The average Bonchev–Trinajstić information content (AvgIpc) is 3.21. The zero-order valence-electron chi connectivity index (χ0n) is 15.0. The highest BCUT2D eigenvalue weighted by Crippen LogP contribution is 2.36. The SMILES string of the molecule is O=C(NC[C@@](O)(c1ccccc1)C1CCOCC1)c1ccc2c(c1)OCO2. The third-order valence-electron chi connectivity index (χ3n) is 5.32. The second kappa shape index (κ2) is 7.58. The first-order valence-electron chi connectivity index (χ1n) is 9.20. The summed E-state index contributed by atoms with van der Waals surface area (Å²) in [4.78, 5) is 12.7. The van der Waals surface area contributed by atoms with Gasteiger partial charge in [-0.1, -0.05) is 30.3 Å². The van der Waals surface area contributed by atoms with Gasteiger partial charge in [-0.3, -0.25) is 4.79 Å². The normalized spacial score (nSPS) is 18.7. The first kappa shape index (κ1) is 17.8. The Hall–Kier alpha value is -2.57. The summed E-state index contributed by atoms with van der Waals surface area (Å²) >= 11 is 0. The topological polar surface area (TPSA) is 77.0 Å². The van der Waals surface area contributed by atoms with Crippen LogP contribution in [0, 0.1) is 5.92 Å². The predicted octanol–water partition coefficient (Wildman–Crippen LogP) is 2.46. The zero-order chi connectivity index (χ0) is 18.7. The summed E-state index contributed by atoms with van der Waals surface area (Å²) < 4.78 is 16.1. The van der Waals surface area contributed by atoms with Gasteiger partial charge in [0, 0.05) is 18.8 Å².